The lowest BCUT2D eigenvalue weighted by atomic mass is 10.1. The van der Waals surface area contributed by atoms with Gasteiger partial charge < -0.3 is 15.0 Å². The molecule has 3 heterocycles. The molecule has 0 bridgehead atoms. The topological polar surface area (TPSA) is 102 Å². The second-order valence-corrected chi connectivity index (χ2v) is 6.63. The number of rotatable bonds is 4. The summed E-state index contributed by atoms with van der Waals surface area (Å²) in [5.74, 6) is 1.10. The fourth-order valence-corrected chi connectivity index (χ4v) is 3.21. The normalized spacial score (nSPS) is 10.3. The van der Waals surface area contributed by atoms with E-state index in [1.165, 1.54) is 0 Å². The van der Waals surface area contributed by atoms with Crippen LogP contribution in [0.15, 0.2) is 54.9 Å². The Balaban J connectivity index is 1.62. The number of hydrogen-bond donors (Lipinski definition) is 2. The molecule has 0 unspecified atom stereocenters. The molecule has 29 heavy (non-hydrogen) atoms. The molecule has 4 rings (SSSR count). The Bertz CT molecular complexity index is 1290. The van der Waals surface area contributed by atoms with E-state index < -0.39 is 0 Å². The number of anilines is 4. The van der Waals surface area contributed by atoms with Crippen molar-refractivity contribution >= 4 is 28.7 Å². The van der Waals surface area contributed by atoms with E-state index in [1.54, 1.807) is 24.4 Å². The van der Waals surface area contributed by atoms with Gasteiger partial charge in [-0.2, -0.15) is 15.5 Å². The highest BCUT2D eigenvalue weighted by molar-refractivity contribution is 5.70. The van der Waals surface area contributed by atoms with Crippen LogP contribution in [0.25, 0.3) is 5.52 Å². The minimum atomic E-state index is 0.448. The van der Waals surface area contributed by atoms with Gasteiger partial charge in [0.05, 0.1) is 22.9 Å². The van der Waals surface area contributed by atoms with Gasteiger partial charge in [-0.1, -0.05) is 0 Å². The summed E-state index contributed by atoms with van der Waals surface area (Å²) in [6, 6.07) is 17.1. The van der Waals surface area contributed by atoms with Crippen LogP contribution >= 0.6 is 0 Å². The third kappa shape index (κ3) is 3.58. The van der Waals surface area contributed by atoms with Crippen molar-refractivity contribution in [3.63, 3.8) is 0 Å². The summed E-state index contributed by atoms with van der Waals surface area (Å²) in [5.41, 5.74) is 5.97. The Morgan fingerprint density at radius 3 is 2.41 bits per heavy atom. The highest BCUT2D eigenvalue weighted by Gasteiger charge is 2.11. The van der Waals surface area contributed by atoms with Crippen LogP contribution in [-0.4, -0.2) is 14.4 Å². The molecule has 140 valence electrons. The summed E-state index contributed by atoms with van der Waals surface area (Å²) in [6.07, 6.45) is 3.50. The number of aryl methyl sites for hydroxylation is 2. The van der Waals surface area contributed by atoms with Crippen molar-refractivity contribution in [1.29, 1.82) is 10.5 Å². The van der Waals surface area contributed by atoms with Crippen molar-refractivity contribution in [3.8, 4) is 12.1 Å². The number of nitrogens with zero attached hydrogens (tertiary/aromatic N) is 5. The van der Waals surface area contributed by atoms with E-state index in [2.05, 4.69) is 32.7 Å². The van der Waals surface area contributed by atoms with Crippen LogP contribution in [0.2, 0.25) is 0 Å². The van der Waals surface area contributed by atoms with E-state index in [0.717, 1.165) is 28.1 Å². The van der Waals surface area contributed by atoms with Crippen LogP contribution < -0.4 is 10.6 Å². The van der Waals surface area contributed by atoms with Crippen LogP contribution in [-0.2, 0) is 0 Å². The summed E-state index contributed by atoms with van der Waals surface area (Å²) in [4.78, 5) is 8.79. The standard InChI is InChI=1S/C22H17N7/c1-14-9-19-10-17(12-24)13-29(19)15(2)21(14)27-20-7-8-25-22(28-20)26-18-5-3-16(11-23)4-6-18/h3-10,13H,1-2H3,(H2,25,26,27,28). The number of nitrogens with one attached hydrogen (secondary N) is 2. The number of hydrogen-bond acceptors (Lipinski definition) is 6. The number of fused-ring (bicyclic) bond motifs is 1. The Morgan fingerprint density at radius 1 is 0.931 bits per heavy atom. The zero-order valence-corrected chi connectivity index (χ0v) is 15.9. The van der Waals surface area contributed by atoms with E-state index in [0.29, 0.717) is 22.9 Å². The van der Waals surface area contributed by atoms with Crippen LogP contribution in [0.3, 0.4) is 0 Å². The molecule has 0 fully saturated rings. The Morgan fingerprint density at radius 2 is 1.69 bits per heavy atom. The first-order valence-corrected chi connectivity index (χ1v) is 8.97. The molecule has 0 radical (unpaired) electrons. The van der Waals surface area contributed by atoms with Gasteiger partial charge in [0.15, 0.2) is 0 Å². The van der Waals surface area contributed by atoms with E-state index >= 15 is 0 Å². The number of pyridine rings is 1. The zero-order valence-electron chi connectivity index (χ0n) is 15.9. The minimum Gasteiger partial charge on any atom is -0.338 e. The van der Waals surface area contributed by atoms with Crippen molar-refractivity contribution < 1.29 is 0 Å². The van der Waals surface area contributed by atoms with Crippen molar-refractivity contribution in [3.05, 3.63) is 77.2 Å². The summed E-state index contributed by atoms with van der Waals surface area (Å²) in [7, 11) is 0. The lowest BCUT2D eigenvalue weighted by Crippen LogP contribution is -2.04. The van der Waals surface area contributed by atoms with Gasteiger partial charge in [-0.3, -0.25) is 0 Å². The first-order valence-electron chi connectivity index (χ1n) is 8.97. The van der Waals surface area contributed by atoms with Crippen LogP contribution in [0.1, 0.15) is 22.4 Å². The lowest BCUT2D eigenvalue weighted by Gasteiger charge is -2.15. The third-order valence-corrected chi connectivity index (χ3v) is 4.64. The summed E-state index contributed by atoms with van der Waals surface area (Å²) < 4.78 is 1.99. The molecule has 0 aliphatic heterocycles. The monoisotopic (exact) mass is 379 g/mol. The molecule has 0 saturated carbocycles. The molecule has 0 aliphatic rings. The molecule has 0 amide bonds. The SMILES string of the molecule is Cc1cc2cc(C#N)cn2c(C)c1Nc1ccnc(Nc2ccc(C#N)cc2)n1. The number of benzene rings is 1. The summed E-state index contributed by atoms with van der Waals surface area (Å²) >= 11 is 0. The molecule has 3 aromatic heterocycles. The first kappa shape index (κ1) is 18.0. The smallest absolute Gasteiger partial charge is 0.229 e. The van der Waals surface area contributed by atoms with E-state index in [-0.39, 0.29) is 0 Å². The van der Waals surface area contributed by atoms with Gasteiger partial charge in [-0.15, -0.1) is 0 Å². The highest BCUT2D eigenvalue weighted by Crippen LogP contribution is 2.27. The quantitative estimate of drug-likeness (QED) is 0.538. The average molecular weight is 379 g/mol. The zero-order chi connectivity index (χ0) is 20.4. The van der Waals surface area contributed by atoms with Gasteiger partial charge >= 0.3 is 0 Å². The number of aromatic nitrogens is 3. The largest absolute Gasteiger partial charge is 0.338 e. The predicted octanol–water partition coefficient (Wildman–Crippen LogP) is 4.58. The Kier molecular flexibility index (Phi) is 4.56. The average Bonchev–Trinajstić information content (AvgIpc) is 3.15. The maximum atomic E-state index is 9.17. The van der Waals surface area contributed by atoms with Gasteiger partial charge in [0.2, 0.25) is 5.95 Å². The van der Waals surface area contributed by atoms with E-state index in [9.17, 15) is 0 Å². The molecule has 2 N–H and O–H groups in total. The van der Waals surface area contributed by atoms with Gasteiger partial charge in [0.25, 0.3) is 0 Å². The molecule has 4 aromatic rings. The van der Waals surface area contributed by atoms with Gasteiger partial charge in [0, 0.05) is 29.3 Å². The highest BCUT2D eigenvalue weighted by atomic mass is 15.1. The van der Waals surface area contributed by atoms with Crippen LogP contribution in [0.4, 0.5) is 23.1 Å². The molecular formula is C22H17N7. The second-order valence-electron chi connectivity index (χ2n) is 6.63. The summed E-state index contributed by atoms with van der Waals surface area (Å²) in [5, 5.41) is 24.6. The fourth-order valence-electron chi connectivity index (χ4n) is 3.21. The van der Waals surface area contributed by atoms with E-state index in [4.69, 9.17) is 10.5 Å². The molecule has 0 saturated heterocycles. The Hall–Kier alpha value is -4.36. The van der Waals surface area contributed by atoms with Crippen LogP contribution in [0.5, 0.6) is 0 Å². The molecule has 1 aromatic carbocycles. The molecule has 0 spiro atoms. The molecule has 7 heteroatoms. The van der Waals surface area contributed by atoms with Crippen LogP contribution in [0, 0.1) is 36.5 Å². The number of nitriles is 2. The third-order valence-electron chi connectivity index (χ3n) is 4.64. The Labute approximate surface area is 167 Å². The van der Waals surface area contributed by atoms with E-state index in [1.807, 2.05) is 48.7 Å². The molecule has 0 aliphatic carbocycles. The maximum Gasteiger partial charge on any atom is 0.229 e. The second kappa shape index (κ2) is 7.34. The van der Waals surface area contributed by atoms with Crippen molar-refractivity contribution in [2.75, 3.05) is 10.6 Å². The minimum absolute atomic E-state index is 0.448. The summed E-state index contributed by atoms with van der Waals surface area (Å²) in [6.45, 7) is 4.02. The van der Waals surface area contributed by atoms with Gasteiger partial charge in [-0.25, -0.2) is 4.98 Å². The molecule has 7 nitrogen and oxygen atoms in total. The van der Waals surface area contributed by atoms with Gasteiger partial charge in [-0.05, 0) is 61.9 Å². The predicted molar refractivity (Wildman–Crippen MR) is 111 cm³/mol. The molecule has 0 atom stereocenters. The first-order chi connectivity index (χ1) is 14.1. The van der Waals surface area contributed by atoms with Crippen molar-refractivity contribution in [1.82, 2.24) is 14.4 Å². The van der Waals surface area contributed by atoms with Crippen molar-refractivity contribution in [2.45, 2.75) is 13.8 Å². The molecular weight excluding hydrogens is 362 g/mol. The fraction of sp³-hybridized carbons (Fsp3) is 0.0909. The lowest BCUT2D eigenvalue weighted by molar-refractivity contribution is 1.08. The van der Waals surface area contributed by atoms with Crippen molar-refractivity contribution in [2.24, 2.45) is 0 Å². The maximum absolute atomic E-state index is 9.17. The van der Waals surface area contributed by atoms with Gasteiger partial charge in [0.1, 0.15) is 11.9 Å².